The van der Waals surface area contributed by atoms with Crippen LogP contribution >= 0.6 is 11.3 Å². The van der Waals surface area contributed by atoms with E-state index in [0.29, 0.717) is 48.3 Å². The highest BCUT2D eigenvalue weighted by Crippen LogP contribution is 2.40. The maximum absolute atomic E-state index is 15.2. The topological polar surface area (TPSA) is 105 Å². The molecule has 12 heteroatoms. The van der Waals surface area contributed by atoms with Crippen LogP contribution in [-0.4, -0.2) is 45.2 Å². The number of aryl methyl sites for hydroxylation is 1. The molecule has 0 fully saturated rings. The lowest BCUT2D eigenvalue weighted by Gasteiger charge is -2.30. The summed E-state index contributed by atoms with van der Waals surface area (Å²) in [5.74, 6) is 0.0632. The SMILES string of the molecule is CCOC(=O)CCc1cccc(Cc2csc(-c3cccc(Oc4ccc5c(ccn5S(=O)(=O)C5(C)CC=C(S(C)=O)C=C5F)c4)c3)n2)c1. The third-order valence-corrected chi connectivity index (χ3v) is 12.6. The van der Waals surface area contributed by atoms with Gasteiger partial charge in [-0.2, -0.15) is 0 Å². The molecule has 254 valence electrons. The van der Waals surface area contributed by atoms with Crippen LogP contribution in [-0.2, 0) is 43.2 Å². The van der Waals surface area contributed by atoms with E-state index in [4.69, 9.17) is 14.5 Å². The number of carbonyl (C=O) groups excluding carboxylic acids is 1. The predicted molar refractivity (Wildman–Crippen MR) is 192 cm³/mol. The Morgan fingerprint density at radius 1 is 1.06 bits per heavy atom. The summed E-state index contributed by atoms with van der Waals surface area (Å²) in [6.45, 7) is 3.53. The highest BCUT2D eigenvalue weighted by molar-refractivity contribution is 7.91. The Kier molecular flexibility index (Phi) is 10.0. The number of hydrogen-bond donors (Lipinski definition) is 0. The molecule has 0 saturated carbocycles. The first kappa shape index (κ1) is 34.5. The number of rotatable bonds is 12. The Morgan fingerprint density at radius 2 is 1.84 bits per heavy atom. The number of allylic oxidation sites excluding steroid dienone is 2. The summed E-state index contributed by atoms with van der Waals surface area (Å²) in [6.07, 6.45) is 6.93. The molecule has 0 aliphatic heterocycles. The van der Waals surface area contributed by atoms with E-state index in [-0.39, 0.29) is 17.3 Å². The molecule has 49 heavy (non-hydrogen) atoms. The van der Waals surface area contributed by atoms with Gasteiger partial charge >= 0.3 is 5.97 Å². The number of benzene rings is 3. The molecule has 0 radical (unpaired) electrons. The fourth-order valence-corrected chi connectivity index (χ4v) is 8.76. The Labute approximate surface area is 291 Å². The Balaban J connectivity index is 1.15. The molecule has 2 unspecified atom stereocenters. The lowest BCUT2D eigenvalue weighted by atomic mass is 10.0. The monoisotopic (exact) mass is 718 g/mol. The number of esters is 1. The maximum atomic E-state index is 15.2. The molecule has 8 nitrogen and oxygen atoms in total. The summed E-state index contributed by atoms with van der Waals surface area (Å²) in [5, 5.41) is 3.50. The maximum Gasteiger partial charge on any atom is 0.306 e. The summed E-state index contributed by atoms with van der Waals surface area (Å²) < 4.78 is 65.0. The van der Waals surface area contributed by atoms with Crippen molar-refractivity contribution < 1.29 is 31.3 Å². The highest BCUT2D eigenvalue weighted by atomic mass is 32.2. The van der Waals surface area contributed by atoms with Crippen LogP contribution in [0, 0.1) is 0 Å². The minimum Gasteiger partial charge on any atom is -0.466 e. The van der Waals surface area contributed by atoms with Gasteiger partial charge < -0.3 is 9.47 Å². The first-order valence-corrected chi connectivity index (χ1v) is 19.6. The fourth-order valence-electron chi connectivity index (χ4n) is 5.68. The van der Waals surface area contributed by atoms with Gasteiger partial charge in [-0.3, -0.25) is 9.00 Å². The van der Waals surface area contributed by atoms with Crippen LogP contribution in [0.3, 0.4) is 0 Å². The third kappa shape index (κ3) is 7.31. The van der Waals surface area contributed by atoms with E-state index >= 15 is 4.39 Å². The van der Waals surface area contributed by atoms with Crippen molar-refractivity contribution in [3.63, 3.8) is 0 Å². The Morgan fingerprint density at radius 3 is 2.61 bits per heavy atom. The standard InChI is InChI=1S/C37H35FN2O6S3/c1-4-45-35(41)14-11-25-7-5-8-26(19-25)20-29-24-47-36(39-29)28-9-6-10-30(22-28)46-31-12-13-33-27(21-31)16-18-40(33)49(43,44)37(2)17-15-32(48(3)42)23-34(37)38/h5-10,12-13,15-16,18-19,21-24H,4,11,14,17,20H2,1-3H3. The van der Waals surface area contributed by atoms with Crippen molar-refractivity contribution in [1.29, 1.82) is 0 Å². The van der Waals surface area contributed by atoms with Crippen molar-refractivity contribution in [3.8, 4) is 22.1 Å². The Hall–Kier alpha value is -4.39. The van der Waals surface area contributed by atoms with E-state index in [1.54, 1.807) is 42.5 Å². The first-order valence-electron chi connectivity index (χ1n) is 15.7. The molecule has 2 aromatic heterocycles. The van der Waals surface area contributed by atoms with Crippen LogP contribution in [0.4, 0.5) is 4.39 Å². The second-order valence-corrected chi connectivity index (χ2v) is 16.4. The van der Waals surface area contributed by atoms with Crippen molar-refractivity contribution in [3.05, 3.63) is 124 Å². The van der Waals surface area contributed by atoms with Gasteiger partial charge in [-0.1, -0.05) is 42.5 Å². The summed E-state index contributed by atoms with van der Waals surface area (Å²) in [4.78, 5) is 16.9. The van der Waals surface area contributed by atoms with Crippen molar-refractivity contribution in [2.45, 2.75) is 44.3 Å². The lowest BCUT2D eigenvalue weighted by molar-refractivity contribution is -0.143. The summed E-state index contributed by atoms with van der Waals surface area (Å²) in [6, 6.07) is 22.5. The summed E-state index contributed by atoms with van der Waals surface area (Å²) >= 11 is 1.54. The fraction of sp³-hybridized carbons (Fsp3) is 0.243. The molecule has 2 atom stereocenters. The molecule has 0 N–H and O–H groups in total. The number of aromatic nitrogens is 2. The van der Waals surface area contributed by atoms with E-state index in [1.807, 2.05) is 41.8 Å². The number of halogens is 1. The number of carbonyl (C=O) groups is 1. The molecule has 1 aliphatic rings. The normalized spacial score (nSPS) is 17.0. The average molecular weight is 719 g/mol. The van der Waals surface area contributed by atoms with E-state index in [1.165, 1.54) is 25.5 Å². The number of hydrogen-bond acceptors (Lipinski definition) is 8. The second-order valence-electron chi connectivity index (χ2n) is 11.9. The van der Waals surface area contributed by atoms with Gasteiger partial charge in [0.25, 0.3) is 10.0 Å². The van der Waals surface area contributed by atoms with Crippen LogP contribution in [0.1, 0.15) is 43.5 Å². The number of ether oxygens (including phenoxy) is 2. The van der Waals surface area contributed by atoms with Crippen LogP contribution in [0.15, 0.2) is 107 Å². The molecule has 0 saturated heterocycles. The minimum atomic E-state index is -4.21. The molecule has 2 heterocycles. The van der Waals surface area contributed by atoms with Gasteiger partial charge in [0.2, 0.25) is 0 Å². The van der Waals surface area contributed by atoms with Crippen molar-refractivity contribution in [2.75, 3.05) is 12.9 Å². The van der Waals surface area contributed by atoms with Gasteiger partial charge in [0.15, 0.2) is 0 Å². The van der Waals surface area contributed by atoms with E-state index in [0.717, 1.165) is 37.4 Å². The van der Waals surface area contributed by atoms with E-state index in [9.17, 15) is 17.4 Å². The summed E-state index contributed by atoms with van der Waals surface area (Å²) in [5.41, 5.74) is 4.42. The lowest BCUT2D eigenvalue weighted by Crippen LogP contribution is -2.41. The molecular formula is C37H35FN2O6S3. The molecular weight excluding hydrogens is 684 g/mol. The quantitative estimate of drug-likeness (QED) is 0.120. The van der Waals surface area contributed by atoms with Crippen molar-refractivity contribution >= 4 is 49.0 Å². The molecule has 0 spiro atoms. The van der Waals surface area contributed by atoms with Gasteiger partial charge in [0.05, 0.1) is 17.8 Å². The molecule has 6 rings (SSSR count). The van der Waals surface area contributed by atoms with Crippen molar-refractivity contribution in [1.82, 2.24) is 8.96 Å². The molecule has 1 aliphatic carbocycles. The van der Waals surface area contributed by atoms with Gasteiger partial charge in [-0.05, 0) is 80.3 Å². The average Bonchev–Trinajstić information content (AvgIpc) is 3.73. The smallest absolute Gasteiger partial charge is 0.306 e. The van der Waals surface area contributed by atoms with Gasteiger partial charge in [0.1, 0.15) is 27.1 Å². The molecule has 0 amide bonds. The zero-order valence-electron chi connectivity index (χ0n) is 27.2. The van der Waals surface area contributed by atoms with Crippen LogP contribution in [0.5, 0.6) is 11.5 Å². The van der Waals surface area contributed by atoms with Crippen molar-refractivity contribution in [2.24, 2.45) is 0 Å². The minimum absolute atomic E-state index is 0.129. The highest BCUT2D eigenvalue weighted by Gasteiger charge is 2.46. The zero-order chi connectivity index (χ0) is 34.8. The molecule has 0 bridgehead atoms. The van der Waals surface area contributed by atoms with Crippen LogP contribution < -0.4 is 4.74 Å². The van der Waals surface area contributed by atoms with E-state index in [2.05, 4.69) is 12.1 Å². The van der Waals surface area contributed by atoms with Crippen LogP contribution in [0.25, 0.3) is 21.5 Å². The largest absolute Gasteiger partial charge is 0.466 e. The number of nitrogens with zero attached hydrogens (tertiary/aromatic N) is 2. The van der Waals surface area contributed by atoms with Gasteiger partial charge in [-0.25, -0.2) is 21.8 Å². The summed E-state index contributed by atoms with van der Waals surface area (Å²) in [7, 11) is -5.63. The van der Waals surface area contributed by atoms with Gasteiger partial charge in [-0.15, -0.1) is 11.3 Å². The zero-order valence-corrected chi connectivity index (χ0v) is 29.7. The molecule has 5 aromatic rings. The number of fused-ring (bicyclic) bond motifs is 1. The second kappa shape index (κ2) is 14.2. The third-order valence-electron chi connectivity index (χ3n) is 8.42. The van der Waals surface area contributed by atoms with Crippen LogP contribution in [0.2, 0.25) is 0 Å². The molecule has 3 aromatic carbocycles. The number of thiazole rings is 1. The Bertz CT molecular complexity index is 2240. The first-order chi connectivity index (χ1) is 23.5. The van der Waals surface area contributed by atoms with Gasteiger partial charge in [0, 0.05) is 57.3 Å². The predicted octanol–water partition coefficient (Wildman–Crippen LogP) is 8.10. The van der Waals surface area contributed by atoms with E-state index < -0.39 is 31.4 Å².